The van der Waals surface area contributed by atoms with Crippen molar-refractivity contribution in [2.24, 2.45) is 5.92 Å². The quantitative estimate of drug-likeness (QED) is 0.315. The van der Waals surface area contributed by atoms with Crippen molar-refractivity contribution in [3.8, 4) is 5.75 Å². The lowest BCUT2D eigenvalue weighted by atomic mass is 10.0. The molecule has 0 amide bonds. The van der Waals surface area contributed by atoms with Crippen molar-refractivity contribution in [1.82, 2.24) is 0 Å². The Bertz CT molecular complexity index is 1020. The van der Waals surface area contributed by atoms with E-state index in [2.05, 4.69) is 0 Å². The summed E-state index contributed by atoms with van der Waals surface area (Å²) in [5.41, 5.74) is -4.21. The monoisotopic (exact) mass is 396 g/mol. The van der Waals surface area contributed by atoms with Crippen LogP contribution < -0.4 is 10.4 Å². The lowest BCUT2D eigenvalue weighted by molar-refractivity contribution is -0.389. The molecule has 1 N–H and O–H groups in total. The molecule has 12 nitrogen and oxygen atoms in total. The van der Waals surface area contributed by atoms with E-state index < -0.39 is 68.5 Å². The van der Waals surface area contributed by atoms with Crippen LogP contribution in [-0.4, -0.2) is 28.0 Å². The number of methoxy groups -OCH3 is 1. The minimum atomic E-state index is -1.41. The Hall–Kier alpha value is -3.54. The summed E-state index contributed by atoms with van der Waals surface area (Å²) in [5.74, 6) is -1.50. The average molecular weight is 396 g/mol. The Labute approximate surface area is 156 Å². The summed E-state index contributed by atoms with van der Waals surface area (Å²) in [7, 11) is 1.17. The van der Waals surface area contributed by atoms with Crippen LogP contribution in [0.15, 0.2) is 15.3 Å². The lowest BCUT2D eigenvalue weighted by Crippen LogP contribution is -2.16. The number of aliphatic hydroxyl groups excluding tert-OH is 1. The Kier molecular flexibility index (Phi) is 5.93. The molecule has 0 fully saturated rings. The summed E-state index contributed by atoms with van der Waals surface area (Å²) in [6, 6.07) is 0.943. The van der Waals surface area contributed by atoms with E-state index in [9.17, 15) is 34.9 Å². The van der Waals surface area contributed by atoms with Gasteiger partial charge in [-0.25, -0.2) is 4.79 Å². The molecule has 0 saturated heterocycles. The summed E-state index contributed by atoms with van der Waals surface area (Å²) in [5, 5.41) is 31.9. The predicted octanol–water partition coefficient (Wildman–Crippen LogP) is 1.81. The van der Waals surface area contributed by atoms with Crippen molar-refractivity contribution in [2.45, 2.75) is 27.1 Å². The number of carbonyl (C=O) groups excluding carboxylic acids is 1. The summed E-state index contributed by atoms with van der Waals surface area (Å²) in [6.07, 6.45) is 0. The number of carbonyl (C=O) groups is 1. The molecule has 2 rings (SSSR count). The van der Waals surface area contributed by atoms with Crippen molar-refractivity contribution in [3.05, 3.63) is 47.8 Å². The van der Waals surface area contributed by atoms with Gasteiger partial charge in [0.25, 0.3) is 5.69 Å². The normalized spacial score (nSPS) is 10.9. The van der Waals surface area contributed by atoms with Crippen molar-refractivity contribution in [1.29, 1.82) is 0 Å². The number of esters is 1. The largest absolute Gasteiger partial charge is 0.492 e. The molecule has 0 spiro atoms. The van der Waals surface area contributed by atoms with E-state index in [4.69, 9.17) is 13.9 Å². The Morgan fingerprint density at radius 1 is 1.29 bits per heavy atom. The number of fused-ring (bicyclic) bond motifs is 1. The molecule has 2 aromatic rings. The zero-order valence-electron chi connectivity index (χ0n) is 15.1. The van der Waals surface area contributed by atoms with Gasteiger partial charge in [0.1, 0.15) is 12.0 Å². The number of non-ortho nitro benzene ring substituents is 1. The molecule has 1 heterocycles. The van der Waals surface area contributed by atoms with Crippen molar-refractivity contribution >= 4 is 28.3 Å². The van der Waals surface area contributed by atoms with Crippen LogP contribution in [0.4, 0.5) is 11.4 Å². The first-order chi connectivity index (χ1) is 13.1. The second kappa shape index (κ2) is 8.00. The van der Waals surface area contributed by atoms with Gasteiger partial charge >= 0.3 is 17.3 Å². The zero-order valence-corrected chi connectivity index (χ0v) is 15.1. The molecule has 28 heavy (non-hydrogen) atoms. The molecule has 1 aromatic carbocycles. The number of aliphatic hydroxyl groups is 1. The Morgan fingerprint density at radius 3 is 2.39 bits per heavy atom. The van der Waals surface area contributed by atoms with Gasteiger partial charge in [-0.05, 0) is 0 Å². The molecule has 0 atom stereocenters. The molecule has 0 unspecified atom stereocenters. The number of nitro groups is 2. The van der Waals surface area contributed by atoms with Crippen LogP contribution in [0.3, 0.4) is 0 Å². The highest BCUT2D eigenvalue weighted by Crippen LogP contribution is 2.40. The first-order valence-electron chi connectivity index (χ1n) is 7.89. The number of hydrogen-bond acceptors (Lipinski definition) is 10. The molecule has 12 heteroatoms. The molecule has 150 valence electrons. The third kappa shape index (κ3) is 3.62. The number of ether oxygens (including phenoxy) is 2. The smallest absolute Gasteiger partial charge is 0.415 e. The third-order valence-corrected chi connectivity index (χ3v) is 3.85. The average Bonchev–Trinajstić information content (AvgIpc) is 2.63. The third-order valence-electron chi connectivity index (χ3n) is 3.85. The maximum Gasteiger partial charge on any atom is 0.415 e. The topological polar surface area (TPSA) is 172 Å². The number of rotatable bonds is 7. The van der Waals surface area contributed by atoms with E-state index in [1.165, 1.54) is 21.0 Å². The van der Waals surface area contributed by atoms with Crippen LogP contribution in [0, 0.1) is 26.1 Å². The summed E-state index contributed by atoms with van der Waals surface area (Å²) >= 11 is 0. The lowest BCUT2D eigenvalue weighted by Gasteiger charge is -2.13. The molecule has 0 aliphatic carbocycles. The van der Waals surface area contributed by atoms with E-state index in [1.54, 1.807) is 0 Å². The van der Waals surface area contributed by atoms with Gasteiger partial charge in [0, 0.05) is 11.6 Å². The molecule has 0 bridgehead atoms. The van der Waals surface area contributed by atoms with Gasteiger partial charge in [-0.2, -0.15) is 0 Å². The van der Waals surface area contributed by atoms with Gasteiger partial charge in [0.2, 0.25) is 0 Å². The number of hydrogen-bond donors (Lipinski definition) is 1. The Morgan fingerprint density at radius 2 is 1.93 bits per heavy atom. The van der Waals surface area contributed by atoms with Crippen LogP contribution in [0.5, 0.6) is 5.75 Å². The summed E-state index contributed by atoms with van der Waals surface area (Å²) in [4.78, 5) is 45.0. The number of benzene rings is 1. The molecular formula is C16H16N2O10. The molecule has 0 aliphatic rings. The fraction of sp³-hybridized carbons (Fsp3) is 0.375. The van der Waals surface area contributed by atoms with Crippen molar-refractivity contribution in [3.63, 3.8) is 0 Å². The highest BCUT2D eigenvalue weighted by Gasteiger charge is 2.33. The van der Waals surface area contributed by atoms with E-state index in [1.807, 2.05) is 0 Å². The second-order valence-electron chi connectivity index (χ2n) is 5.94. The molecule has 1 aromatic heterocycles. The maximum atomic E-state index is 12.2. The minimum Gasteiger partial charge on any atom is -0.492 e. The van der Waals surface area contributed by atoms with Crippen molar-refractivity contribution in [2.75, 3.05) is 7.11 Å². The minimum absolute atomic E-state index is 0.0659. The highest BCUT2D eigenvalue weighted by molar-refractivity contribution is 5.96. The fourth-order valence-electron chi connectivity index (χ4n) is 2.57. The van der Waals surface area contributed by atoms with Gasteiger partial charge < -0.3 is 19.0 Å². The zero-order chi connectivity index (χ0) is 21.2. The maximum absolute atomic E-state index is 12.2. The standard InChI is InChI=1S/C16H16N2O10/c1-7(2)15(20)27-6-9-11-10(17(22)23)4-8(5-19)13(26-3)14(11)28-16(21)12(9)18(24)25/h4,7,19H,5-6H2,1-3H3. The van der Waals surface area contributed by atoms with E-state index >= 15 is 0 Å². The molecule has 0 radical (unpaired) electrons. The van der Waals surface area contributed by atoms with Gasteiger partial charge in [0.05, 0.1) is 35.0 Å². The van der Waals surface area contributed by atoms with Crippen molar-refractivity contribution < 1.29 is 33.6 Å². The van der Waals surface area contributed by atoms with Gasteiger partial charge in [-0.3, -0.25) is 25.0 Å². The van der Waals surface area contributed by atoms with Gasteiger partial charge in [0.15, 0.2) is 11.3 Å². The first kappa shape index (κ1) is 20.8. The van der Waals surface area contributed by atoms with Crippen LogP contribution >= 0.6 is 0 Å². The number of nitro benzene ring substituents is 1. The molecular weight excluding hydrogens is 380 g/mol. The number of nitrogens with zero attached hydrogens (tertiary/aromatic N) is 2. The SMILES string of the molecule is COc1c(CO)cc([N+](=O)[O-])c2c(COC(=O)C(C)C)c([N+](=O)[O-])c(=O)oc12. The fourth-order valence-corrected chi connectivity index (χ4v) is 2.57. The van der Waals surface area contributed by atoms with Crippen LogP contribution in [0.1, 0.15) is 25.0 Å². The molecule has 0 aliphatic heterocycles. The molecule has 0 saturated carbocycles. The Balaban J connectivity index is 2.98. The van der Waals surface area contributed by atoms with Gasteiger partial charge in [-0.15, -0.1) is 0 Å². The second-order valence-corrected chi connectivity index (χ2v) is 5.94. The predicted molar refractivity (Wildman–Crippen MR) is 92.9 cm³/mol. The van der Waals surface area contributed by atoms with E-state index in [-0.39, 0.29) is 11.3 Å². The van der Waals surface area contributed by atoms with Crippen LogP contribution in [0.2, 0.25) is 0 Å². The van der Waals surface area contributed by atoms with E-state index in [0.717, 1.165) is 6.07 Å². The highest BCUT2D eigenvalue weighted by atomic mass is 16.6. The summed E-state index contributed by atoms with van der Waals surface area (Å²) < 4.78 is 15.0. The van der Waals surface area contributed by atoms with Crippen LogP contribution in [-0.2, 0) is 22.7 Å². The van der Waals surface area contributed by atoms with E-state index in [0.29, 0.717) is 0 Å². The summed E-state index contributed by atoms with van der Waals surface area (Å²) in [6.45, 7) is 1.59. The van der Waals surface area contributed by atoms with Gasteiger partial charge in [-0.1, -0.05) is 13.8 Å². The first-order valence-corrected chi connectivity index (χ1v) is 7.89. The van der Waals surface area contributed by atoms with Crippen LogP contribution in [0.25, 0.3) is 11.0 Å².